The summed E-state index contributed by atoms with van der Waals surface area (Å²) in [6.45, 7) is 4.68. The van der Waals surface area contributed by atoms with Crippen LogP contribution in [0, 0.1) is 3.57 Å². The van der Waals surface area contributed by atoms with Crippen molar-refractivity contribution in [1.29, 1.82) is 0 Å². The van der Waals surface area contributed by atoms with Crippen molar-refractivity contribution in [1.82, 2.24) is 0 Å². The molecule has 2 nitrogen and oxygen atoms in total. The van der Waals surface area contributed by atoms with Gasteiger partial charge < -0.3 is 0 Å². The van der Waals surface area contributed by atoms with Crippen LogP contribution in [0.15, 0.2) is 46.4 Å². The molecule has 1 rings (SSSR count). The second-order valence-corrected chi connectivity index (χ2v) is 4.70. The number of hydrogen-bond donors (Lipinski definition) is 0. The molecule has 16 heavy (non-hydrogen) atoms. The Bertz CT molecular complexity index is 408. The van der Waals surface area contributed by atoms with Crippen molar-refractivity contribution in [3.8, 4) is 0 Å². The first-order valence-corrected chi connectivity index (χ1v) is 6.12. The minimum absolute atomic E-state index is 0.664. The zero-order chi connectivity index (χ0) is 11.8. The van der Waals surface area contributed by atoms with Crippen LogP contribution in [0.5, 0.6) is 0 Å². The average molecular weight is 326 g/mol. The van der Waals surface area contributed by atoms with Gasteiger partial charge >= 0.3 is 0 Å². The van der Waals surface area contributed by atoms with Crippen molar-refractivity contribution in [2.75, 3.05) is 13.6 Å². The molecule has 0 fully saturated rings. The van der Waals surface area contributed by atoms with Gasteiger partial charge in [0.2, 0.25) is 0 Å². The predicted molar refractivity (Wildman–Crippen MR) is 79.8 cm³/mol. The van der Waals surface area contributed by atoms with E-state index in [1.54, 1.807) is 19.5 Å². The van der Waals surface area contributed by atoms with Gasteiger partial charge in [0, 0.05) is 23.0 Å². The number of halogens is 1. The Labute approximate surface area is 110 Å². The third kappa shape index (κ3) is 5.21. The second-order valence-electron chi connectivity index (χ2n) is 3.45. The molecule has 0 radical (unpaired) electrons. The molecule has 0 spiro atoms. The molecule has 0 N–H and O–H groups in total. The topological polar surface area (TPSA) is 24.7 Å². The molecule has 0 atom stereocenters. The van der Waals surface area contributed by atoms with Crippen LogP contribution >= 0.6 is 22.6 Å². The molecule has 0 heterocycles. The Morgan fingerprint density at radius 2 is 2.25 bits per heavy atom. The number of nitrogens with zero attached hydrogens (tertiary/aromatic N) is 2. The highest BCUT2D eigenvalue weighted by Crippen LogP contribution is 2.11. The van der Waals surface area contributed by atoms with E-state index in [2.05, 4.69) is 63.4 Å². The quantitative estimate of drug-likeness (QED) is 0.451. The van der Waals surface area contributed by atoms with E-state index in [4.69, 9.17) is 0 Å². The summed E-state index contributed by atoms with van der Waals surface area (Å²) in [7, 11) is 1.73. The van der Waals surface area contributed by atoms with Gasteiger partial charge in [-0.05, 0) is 46.7 Å². The second kappa shape index (κ2) is 7.33. The molecule has 0 unspecified atom stereocenters. The van der Waals surface area contributed by atoms with Gasteiger partial charge in [0.25, 0.3) is 0 Å². The smallest absolute Gasteiger partial charge is 0.0600 e. The number of benzene rings is 1. The highest BCUT2D eigenvalue weighted by Gasteiger charge is 1.97. The Morgan fingerprint density at radius 1 is 1.44 bits per heavy atom. The van der Waals surface area contributed by atoms with Crippen LogP contribution in [0.1, 0.15) is 5.56 Å². The predicted octanol–water partition coefficient (Wildman–Crippen LogP) is 3.16. The van der Waals surface area contributed by atoms with Crippen LogP contribution in [0.3, 0.4) is 0 Å². The standard InChI is InChI=1S/C13H15IN2/c1-11(10-16-7-6-15-2)8-12-4-3-5-13(14)9-12/h3-7,9H,1,8,10H2,2H3. The highest BCUT2D eigenvalue weighted by molar-refractivity contribution is 14.1. The monoisotopic (exact) mass is 326 g/mol. The van der Waals surface area contributed by atoms with Gasteiger partial charge in [-0.3, -0.25) is 9.98 Å². The van der Waals surface area contributed by atoms with E-state index in [0.717, 1.165) is 12.0 Å². The molecular formula is C13H15IN2. The summed E-state index contributed by atoms with van der Waals surface area (Å²) < 4.78 is 1.25. The minimum Gasteiger partial charge on any atom is -0.295 e. The lowest BCUT2D eigenvalue weighted by Gasteiger charge is -2.03. The van der Waals surface area contributed by atoms with E-state index in [1.807, 2.05) is 0 Å². The summed E-state index contributed by atoms with van der Waals surface area (Å²) in [5.41, 5.74) is 2.40. The summed E-state index contributed by atoms with van der Waals surface area (Å²) in [6, 6.07) is 8.44. The summed E-state index contributed by atoms with van der Waals surface area (Å²) in [4.78, 5) is 8.03. The molecule has 0 amide bonds. The van der Waals surface area contributed by atoms with Gasteiger partial charge in [0.15, 0.2) is 0 Å². The van der Waals surface area contributed by atoms with Gasteiger partial charge in [-0.25, -0.2) is 0 Å². The van der Waals surface area contributed by atoms with Crippen molar-refractivity contribution in [3.63, 3.8) is 0 Å². The normalized spacial score (nSPS) is 11.4. The van der Waals surface area contributed by atoms with E-state index >= 15 is 0 Å². The summed E-state index contributed by atoms with van der Waals surface area (Å²) in [6.07, 6.45) is 4.27. The minimum atomic E-state index is 0.664. The van der Waals surface area contributed by atoms with Crippen molar-refractivity contribution < 1.29 is 0 Å². The molecule has 84 valence electrons. The lowest BCUT2D eigenvalue weighted by atomic mass is 10.1. The van der Waals surface area contributed by atoms with Crippen LogP contribution in [0.2, 0.25) is 0 Å². The molecule has 0 aliphatic heterocycles. The van der Waals surface area contributed by atoms with Gasteiger partial charge in [0.1, 0.15) is 0 Å². The Kier molecular flexibility index (Phi) is 6.00. The van der Waals surface area contributed by atoms with Crippen molar-refractivity contribution in [3.05, 3.63) is 45.6 Å². The molecule has 1 aromatic carbocycles. The molecule has 0 saturated heterocycles. The number of rotatable bonds is 5. The Balaban J connectivity index is 2.45. The maximum absolute atomic E-state index is 4.20. The molecule has 0 aliphatic rings. The summed E-state index contributed by atoms with van der Waals surface area (Å²) >= 11 is 2.32. The first-order chi connectivity index (χ1) is 7.72. The lowest BCUT2D eigenvalue weighted by Crippen LogP contribution is -1.94. The lowest BCUT2D eigenvalue weighted by molar-refractivity contribution is 1.05. The first kappa shape index (κ1) is 13.1. The van der Waals surface area contributed by atoms with E-state index in [0.29, 0.717) is 6.54 Å². The van der Waals surface area contributed by atoms with E-state index in [9.17, 15) is 0 Å². The first-order valence-electron chi connectivity index (χ1n) is 5.04. The number of aliphatic imine (C=N–C) groups is 2. The van der Waals surface area contributed by atoms with Crippen molar-refractivity contribution in [2.24, 2.45) is 9.98 Å². The third-order valence-corrected chi connectivity index (χ3v) is 2.65. The van der Waals surface area contributed by atoms with Gasteiger partial charge in [-0.2, -0.15) is 0 Å². The summed E-state index contributed by atoms with van der Waals surface area (Å²) in [5.74, 6) is 0. The van der Waals surface area contributed by atoms with Crippen LogP contribution in [0.25, 0.3) is 0 Å². The zero-order valence-electron chi connectivity index (χ0n) is 9.36. The third-order valence-electron chi connectivity index (χ3n) is 1.98. The maximum Gasteiger partial charge on any atom is 0.0600 e. The Morgan fingerprint density at radius 3 is 2.94 bits per heavy atom. The van der Waals surface area contributed by atoms with E-state index in [-0.39, 0.29) is 0 Å². The van der Waals surface area contributed by atoms with Crippen LogP contribution < -0.4 is 0 Å². The fourth-order valence-electron chi connectivity index (χ4n) is 1.29. The van der Waals surface area contributed by atoms with Gasteiger partial charge in [0.05, 0.1) is 6.54 Å². The van der Waals surface area contributed by atoms with Crippen LogP contribution in [-0.4, -0.2) is 26.0 Å². The number of hydrogen-bond acceptors (Lipinski definition) is 2. The zero-order valence-corrected chi connectivity index (χ0v) is 11.5. The fourth-order valence-corrected chi connectivity index (χ4v) is 1.89. The molecule has 0 saturated carbocycles. The van der Waals surface area contributed by atoms with Gasteiger partial charge in [-0.1, -0.05) is 24.3 Å². The van der Waals surface area contributed by atoms with Gasteiger partial charge in [-0.15, -0.1) is 0 Å². The molecule has 3 heteroatoms. The fraction of sp³-hybridized carbons (Fsp3) is 0.231. The Hall–Kier alpha value is -0.970. The largest absolute Gasteiger partial charge is 0.295 e. The molecule has 0 aromatic heterocycles. The molecule has 0 aliphatic carbocycles. The van der Waals surface area contributed by atoms with Crippen molar-refractivity contribution >= 4 is 35.0 Å². The van der Waals surface area contributed by atoms with Crippen LogP contribution in [-0.2, 0) is 6.42 Å². The summed E-state index contributed by atoms with van der Waals surface area (Å²) in [5, 5.41) is 0. The maximum atomic E-state index is 4.20. The van der Waals surface area contributed by atoms with Crippen LogP contribution in [0.4, 0.5) is 0 Å². The molecule has 0 bridgehead atoms. The van der Waals surface area contributed by atoms with Crippen molar-refractivity contribution in [2.45, 2.75) is 6.42 Å². The molecule has 1 aromatic rings. The SMILES string of the molecule is C=C(CN=CC=NC)Cc1cccc(I)c1. The molecular weight excluding hydrogens is 311 g/mol. The average Bonchev–Trinajstić information content (AvgIpc) is 2.24. The van der Waals surface area contributed by atoms with E-state index in [1.165, 1.54) is 9.13 Å². The van der Waals surface area contributed by atoms with E-state index < -0.39 is 0 Å². The highest BCUT2D eigenvalue weighted by atomic mass is 127.